The van der Waals surface area contributed by atoms with Gasteiger partial charge >= 0.3 is 0 Å². The van der Waals surface area contributed by atoms with E-state index in [4.69, 9.17) is 0 Å². The van der Waals surface area contributed by atoms with Gasteiger partial charge in [0.25, 0.3) is 5.56 Å². The van der Waals surface area contributed by atoms with Crippen LogP contribution in [0.3, 0.4) is 0 Å². The predicted molar refractivity (Wildman–Crippen MR) is 115 cm³/mol. The van der Waals surface area contributed by atoms with Gasteiger partial charge in [0, 0.05) is 30.8 Å². The fourth-order valence-corrected chi connectivity index (χ4v) is 3.45. The number of aromatic nitrogens is 1. The third-order valence-electron chi connectivity index (χ3n) is 5.12. The molecule has 0 saturated heterocycles. The molecular formula is C25H24FNO2. The van der Waals surface area contributed by atoms with Crippen LogP contribution in [0.1, 0.15) is 39.5 Å². The van der Waals surface area contributed by atoms with Crippen LogP contribution < -0.4 is 5.56 Å². The Labute approximate surface area is 170 Å². The molecule has 0 amide bonds. The highest BCUT2D eigenvalue weighted by atomic mass is 19.1. The molecule has 0 radical (unpaired) electrons. The molecule has 4 heteroatoms. The molecule has 1 heterocycles. The summed E-state index contributed by atoms with van der Waals surface area (Å²) in [5.74, 6) is -0.434. The average molecular weight is 389 g/mol. The molecule has 0 atom stereocenters. The molecule has 0 fully saturated rings. The maximum Gasteiger partial charge on any atom is 0.253 e. The number of allylic oxidation sites excluding steroid dienone is 1. The maximum atomic E-state index is 14.5. The van der Waals surface area contributed by atoms with Crippen LogP contribution in [0.25, 0.3) is 11.1 Å². The summed E-state index contributed by atoms with van der Waals surface area (Å²) in [4.78, 5) is 24.5. The number of rotatable bonds is 6. The zero-order chi connectivity index (χ0) is 21.1. The molecule has 148 valence electrons. The van der Waals surface area contributed by atoms with Gasteiger partial charge in [-0.25, -0.2) is 4.39 Å². The van der Waals surface area contributed by atoms with Gasteiger partial charge in [-0.05, 0) is 65.4 Å². The van der Waals surface area contributed by atoms with Crippen molar-refractivity contribution in [3.05, 3.63) is 105 Å². The van der Waals surface area contributed by atoms with E-state index in [9.17, 15) is 14.0 Å². The Hall–Kier alpha value is -3.27. The second-order valence-electron chi connectivity index (χ2n) is 7.24. The van der Waals surface area contributed by atoms with Crippen LogP contribution in [-0.2, 0) is 19.9 Å². The first-order valence-corrected chi connectivity index (χ1v) is 9.58. The monoisotopic (exact) mass is 389 g/mol. The van der Waals surface area contributed by atoms with E-state index < -0.39 is 0 Å². The number of benzene rings is 2. The highest BCUT2D eigenvalue weighted by Crippen LogP contribution is 2.28. The Morgan fingerprint density at radius 3 is 2.48 bits per heavy atom. The lowest BCUT2D eigenvalue weighted by Gasteiger charge is -2.14. The lowest BCUT2D eigenvalue weighted by molar-refractivity contribution is 0.104. The predicted octanol–water partition coefficient (Wildman–Crippen LogP) is 5.02. The maximum absolute atomic E-state index is 14.5. The first kappa shape index (κ1) is 20.5. The van der Waals surface area contributed by atoms with Gasteiger partial charge in [0.1, 0.15) is 5.82 Å². The summed E-state index contributed by atoms with van der Waals surface area (Å²) < 4.78 is 16.0. The van der Waals surface area contributed by atoms with Crippen molar-refractivity contribution in [3.8, 4) is 11.1 Å². The van der Waals surface area contributed by atoms with E-state index >= 15 is 0 Å². The zero-order valence-corrected chi connectivity index (χ0v) is 17.0. The topological polar surface area (TPSA) is 39.1 Å². The highest BCUT2D eigenvalue weighted by molar-refractivity contribution is 6.05. The summed E-state index contributed by atoms with van der Waals surface area (Å²) in [7, 11) is 1.71. The van der Waals surface area contributed by atoms with Gasteiger partial charge in [0.2, 0.25) is 0 Å². The third kappa shape index (κ3) is 4.27. The van der Waals surface area contributed by atoms with Crippen LogP contribution in [0.5, 0.6) is 0 Å². The quantitative estimate of drug-likeness (QED) is 0.439. The van der Waals surface area contributed by atoms with Crippen LogP contribution in [-0.4, -0.2) is 10.4 Å². The number of halogens is 1. The number of carbonyl (C=O) groups excluding carboxylic acids is 1. The standard InChI is InChI=1S/C25H24FNO2/c1-5-17-12-21(15-27(4)25(17)29)22-14-20(24(28)6-2)10-9-18(22)13-19-8-7-16(3)11-23(19)26/h6-12,14-15H,2,5,13H2,1,3-4H3. The van der Waals surface area contributed by atoms with Crippen molar-refractivity contribution in [2.24, 2.45) is 7.05 Å². The Morgan fingerprint density at radius 2 is 1.83 bits per heavy atom. The fraction of sp³-hybridized carbons (Fsp3) is 0.200. The molecule has 3 aromatic rings. The summed E-state index contributed by atoms with van der Waals surface area (Å²) in [6.45, 7) is 7.34. The highest BCUT2D eigenvalue weighted by Gasteiger charge is 2.14. The number of hydrogen-bond acceptors (Lipinski definition) is 2. The van der Waals surface area contributed by atoms with E-state index in [2.05, 4.69) is 6.58 Å². The Morgan fingerprint density at radius 1 is 1.10 bits per heavy atom. The van der Waals surface area contributed by atoms with Gasteiger partial charge in [-0.15, -0.1) is 0 Å². The van der Waals surface area contributed by atoms with Crippen molar-refractivity contribution in [2.75, 3.05) is 0 Å². The first-order chi connectivity index (χ1) is 13.8. The van der Waals surface area contributed by atoms with Crippen LogP contribution in [0.4, 0.5) is 4.39 Å². The summed E-state index contributed by atoms with van der Waals surface area (Å²) in [6, 6.07) is 12.4. The van der Waals surface area contributed by atoms with Gasteiger partial charge in [-0.2, -0.15) is 0 Å². The molecule has 0 N–H and O–H groups in total. The van der Waals surface area contributed by atoms with Crippen molar-refractivity contribution >= 4 is 5.78 Å². The van der Waals surface area contributed by atoms with Crippen molar-refractivity contribution in [1.82, 2.24) is 4.57 Å². The molecule has 29 heavy (non-hydrogen) atoms. The number of hydrogen-bond donors (Lipinski definition) is 0. The molecule has 1 aromatic heterocycles. The Bertz CT molecular complexity index is 1160. The molecule has 3 nitrogen and oxygen atoms in total. The number of aryl methyl sites for hydroxylation is 3. The smallest absolute Gasteiger partial charge is 0.253 e. The SMILES string of the molecule is C=CC(=O)c1ccc(Cc2ccc(C)cc2F)c(-c2cc(CC)c(=O)n(C)c2)c1. The van der Waals surface area contributed by atoms with Crippen LogP contribution in [0.2, 0.25) is 0 Å². The molecular weight excluding hydrogens is 365 g/mol. The molecule has 0 spiro atoms. The van der Waals surface area contributed by atoms with E-state index in [1.165, 1.54) is 12.1 Å². The molecule has 3 rings (SSSR count). The zero-order valence-electron chi connectivity index (χ0n) is 17.0. The molecule has 0 aliphatic heterocycles. The minimum absolute atomic E-state index is 0.0410. The van der Waals surface area contributed by atoms with Gasteiger partial charge in [-0.3, -0.25) is 9.59 Å². The number of carbonyl (C=O) groups is 1. The van der Waals surface area contributed by atoms with Crippen molar-refractivity contribution < 1.29 is 9.18 Å². The van der Waals surface area contributed by atoms with E-state index in [1.807, 2.05) is 32.0 Å². The first-order valence-electron chi connectivity index (χ1n) is 9.58. The largest absolute Gasteiger partial charge is 0.318 e. The summed E-state index contributed by atoms with van der Waals surface area (Å²) in [6.07, 6.45) is 4.02. The van der Waals surface area contributed by atoms with Crippen molar-refractivity contribution in [1.29, 1.82) is 0 Å². The van der Waals surface area contributed by atoms with Crippen LogP contribution >= 0.6 is 0 Å². The third-order valence-corrected chi connectivity index (χ3v) is 5.12. The van der Waals surface area contributed by atoms with Gasteiger partial charge in [-0.1, -0.05) is 37.8 Å². The second kappa shape index (κ2) is 8.39. The summed E-state index contributed by atoms with van der Waals surface area (Å²) in [5.41, 5.74) is 5.13. The molecule has 0 saturated carbocycles. The molecule has 2 aromatic carbocycles. The van der Waals surface area contributed by atoms with Gasteiger partial charge in [0.15, 0.2) is 5.78 Å². The summed E-state index contributed by atoms with van der Waals surface area (Å²) >= 11 is 0. The minimum atomic E-state index is -0.253. The van der Waals surface area contributed by atoms with Crippen molar-refractivity contribution in [2.45, 2.75) is 26.7 Å². The Kier molecular flexibility index (Phi) is 5.92. The Balaban J connectivity index is 2.19. The van der Waals surface area contributed by atoms with E-state index in [-0.39, 0.29) is 17.2 Å². The van der Waals surface area contributed by atoms with Gasteiger partial charge < -0.3 is 4.57 Å². The molecule has 0 aliphatic rings. The lowest BCUT2D eigenvalue weighted by atomic mass is 9.92. The molecule has 0 aliphatic carbocycles. The molecule has 0 unspecified atom stereocenters. The summed E-state index contributed by atoms with van der Waals surface area (Å²) in [5, 5.41) is 0. The van der Waals surface area contributed by atoms with Gasteiger partial charge in [0.05, 0.1) is 0 Å². The number of ketones is 1. The van der Waals surface area contributed by atoms with Crippen molar-refractivity contribution in [3.63, 3.8) is 0 Å². The minimum Gasteiger partial charge on any atom is -0.318 e. The fourth-order valence-electron chi connectivity index (χ4n) is 3.45. The van der Waals surface area contributed by atoms with Crippen LogP contribution in [0, 0.1) is 12.7 Å². The van der Waals surface area contributed by atoms with E-state index in [0.29, 0.717) is 29.5 Å². The normalized spacial score (nSPS) is 10.8. The van der Waals surface area contributed by atoms with Crippen LogP contribution in [0.15, 0.2) is 66.1 Å². The van der Waals surface area contributed by atoms with E-state index in [0.717, 1.165) is 22.3 Å². The number of pyridine rings is 1. The second-order valence-corrected chi connectivity index (χ2v) is 7.24. The average Bonchev–Trinajstić information content (AvgIpc) is 2.71. The molecule has 0 bridgehead atoms. The lowest BCUT2D eigenvalue weighted by Crippen LogP contribution is -2.20. The van der Waals surface area contributed by atoms with E-state index in [1.54, 1.807) is 36.0 Å². The number of nitrogens with zero attached hydrogens (tertiary/aromatic N) is 1.